The van der Waals surface area contributed by atoms with E-state index in [2.05, 4.69) is 70.8 Å². The zero-order valence-electron chi connectivity index (χ0n) is 18.0. The van der Waals surface area contributed by atoms with E-state index in [1.807, 2.05) is 14.1 Å². The van der Waals surface area contributed by atoms with Crippen molar-refractivity contribution in [3.05, 3.63) is 48.4 Å². The van der Waals surface area contributed by atoms with Crippen molar-refractivity contribution in [3.63, 3.8) is 0 Å². The minimum absolute atomic E-state index is 0. The number of hydrogen-bond acceptors (Lipinski definition) is 6. The molecule has 166 valence electrons. The van der Waals surface area contributed by atoms with Crippen molar-refractivity contribution in [1.29, 1.82) is 0 Å². The lowest BCUT2D eigenvalue weighted by atomic mass is 10.2. The molecule has 10 heteroatoms. The summed E-state index contributed by atoms with van der Waals surface area (Å²) in [5.74, 6) is 1.75. The second-order valence-corrected chi connectivity index (χ2v) is 7.38. The van der Waals surface area contributed by atoms with Gasteiger partial charge in [-0.2, -0.15) is 5.10 Å². The van der Waals surface area contributed by atoms with Gasteiger partial charge in [-0.25, -0.2) is 9.97 Å². The van der Waals surface area contributed by atoms with Crippen LogP contribution >= 0.6 is 24.0 Å². The molecule has 0 bridgehead atoms. The van der Waals surface area contributed by atoms with Gasteiger partial charge in [-0.05, 0) is 5.56 Å². The first-order valence-electron chi connectivity index (χ1n) is 10.3. The predicted octanol–water partition coefficient (Wildman–Crippen LogP) is 1.79. The largest absolute Gasteiger partial charge is 0.368 e. The van der Waals surface area contributed by atoms with E-state index in [1.165, 1.54) is 5.56 Å². The molecular formula is C21H30IN9. The number of aryl methyl sites for hydroxylation is 1. The summed E-state index contributed by atoms with van der Waals surface area (Å²) < 4.78 is 1.75. The number of piperazine rings is 1. The van der Waals surface area contributed by atoms with E-state index < -0.39 is 0 Å². The summed E-state index contributed by atoms with van der Waals surface area (Å²) in [5, 5.41) is 12.0. The Morgan fingerprint density at radius 2 is 1.84 bits per heavy atom. The van der Waals surface area contributed by atoms with Gasteiger partial charge in [0.05, 0.1) is 11.6 Å². The molecule has 9 nitrogen and oxygen atoms in total. The molecule has 2 aromatic heterocycles. The third kappa shape index (κ3) is 5.82. The van der Waals surface area contributed by atoms with Gasteiger partial charge < -0.3 is 15.5 Å². The summed E-state index contributed by atoms with van der Waals surface area (Å²) in [4.78, 5) is 17.9. The molecule has 0 atom stereocenters. The van der Waals surface area contributed by atoms with Gasteiger partial charge >= 0.3 is 0 Å². The maximum absolute atomic E-state index is 4.46. The molecule has 3 aromatic rings. The standard InChI is InChI=1S/C21H29N9.HI/c1-22-21(30-12-10-29(11-13-30)15-17-6-4-3-5-7-17)24-9-8-23-19-18-14-27-28(2)20(18)26-16-25-19;/h3-7,14,16H,8-13,15H2,1-2H3,(H,22,24)(H,23,25,26);1H. The van der Waals surface area contributed by atoms with Crippen molar-refractivity contribution in [2.75, 3.05) is 51.6 Å². The van der Waals surface area contributed by atoms with Gasteiger partial charge in [-0.3, -0.25) is 14.6 Å². The van der Waals surface area contributed by atoms with Crippen LogP contribution in [0, 0.1) is 0 Å². The van der Waals surface area contributed by atoms with E-state index in [-0.39, 0.29) is 24.0 Å². The van der Waals surface area contributed by atoms with E-state index >= 15 is 0 Å². The summed E-state index contributed by atoms with van der Waals surface area (Å²) >= 11 is 0. The van der Waals surface area contributed by atoms with Crippen LogP contribution in [0.4, 0.5) is 5.82 Å². The highest BCUT2D eigenvalue weighted by atomic mass is 127. The Labute approximate surface area is 200 Å². The minimum Gasteiger partial charge on any atom is -0.368 e. The fourth-order valence-corrected chi connectivity index (χ4v) is 3.75. The second-order valence-electron chi connectivity index (χ2n) is 7.38. The molecule has 2 N–H and O–H groups in total. The van der Waals surface area contributed by atoms with Crippen molar-refractivity contribution >= 4 is 46.8 Å². The summed E-state index contributed by atoms with van der Waals surface area (Å²) in [6.07, 6.45) is 3.35. The third-order valence-electron chi connectivity index (χ3n) is 5.36. The maximum Gasteiger partial charge on any atom is 0.193 e. The molecule has 0 aliphatic carbocycles. The van der Waals surface area contributed by atoms with Crippen LogP contribution in [0.1, 0.15) is 5.56 Å². The lowest BCUT2D eigenvalue weighted by Crippen LogP contribution is -2.52. The molecule has 1 saturated heterocycles. The second kappa shape index (κ2) is 11.2. The number of benzene rings is 1. The first-order chi connectivity index (χ1) is 14.7. The molecule has 1 aliphatic heterocycles. The van der Waals surface area contributed by atoms with Crippen LogP contribution in [0.2, 0.25) is 0 Å². The molecule has 0 radical (unpaired) electrons. The topological polar surface area (TPSA) is 86.5 Å². The number of nitrogens with zero attached hydrogens (tertiary/aromatic N) is 7. The molecule has 1 aromatic carbocycles. The number of anilines is 1. The van der Waals surface area contributed by atoms with Gasteiger partial charge in [-0.15, -0.1) is 24.0 Å². The number of guanidine groups is 1. The normalized spacial score (nSPS) is 15.0. The molecule has 4 rings (SSSR count). The van der Waals surface area contributed by atoms with Crippen molar-refractivity contribution < 1.29 is 0 Å². The van der Waals surface area contributed by atoms with Gasteiger partial charge in [0, 0.05) is 59.9 Å². The molecule has 3 heterocycles. The quantitative estimate of drug-likeness (QED) is 0.216. The summed E-state index contributed by atoms with van der Waals surface area (Å²) in [6.45, 7) is 6.51. The van der Waals surface area contributed by atoms with Crippen LogP contribution in [-0.4, -0.2) is 81.8 Å². The third-order valence-corrected chi connectivity index (χ3v) is 5.36. The summed E-state index contributed by atoms with van der Waals surface area (Å²) in [5.41, 5.74) is 2.19. The fourth-order valence-electron chi connectivity index (χ4n) is 3.75. The first-order valence-corrected chi connectivity index (χ1v) is 10.3. The Morgan fingerprint density at radius 3 is 2.58 bits per heavy atom. The van der Waals surface area contributed by atoms with Crippen LogP contribution in [0.15, 0.2) is 47.8 Å². The Hall–Kier alpha value is -2.47. The highest BCUT2D eigenvalue weighted by Gasteiger charge is 2.19. The average molecular weight is 535 g/mol. The van der Waals surface area contributed by atoms with E-state index in [9.17, 15) is 0 Å². The Balaban J connectivity index is 0.00000272. The molecule has 1 fully saturated rings. The minimum atomic E-state index is 0. The molecule has 0 unspecified atom stereocenters. The van der Waals surface area contributed by atoms with Crippen molar-refractivity contribution in [3.8, 4) is 0 Å². The Kier molecular flexibility index (Phi) is 8.41. The number of aromatic nitrogens is 4. The van der Waals surface area contributed by atoms with Crippen LogP contribution in [0.25, 0.3) is 11.0 Å². The van der Waals surface area contributed by atoms with Gasteiger partial charge in [0.2, 0.25) is 0 Å². The van der Waals surface area contributed by atoms with E-state index in [4.69, 9.17) is 0 Å². The van der Waals surface area contributed by atoms with Crippen LogP contribution in [0.5, 0.6) is 0 Å². The smallest absolute Gasteiger partial charge is 0.193 e. The van der Waals surface area contributed by atoms with E-state index in [0.29, 0.717) is 0 Å². The molecular weight excluding hydrogens is 505 g/mol. The van der Waals surface area contributed by atoms with Crippen molar-refractivity contribution in [1.82, 2.24) is 34.9 Å². The van der Waals surface area contributed by atoms with Gasteiger partial charge in [0.1, 0.15) is 12.1 Å². The number of fused-ring (bicyclic) bond motifs is 1. The molecule has 0 spiro atoms. The Bertz CT molecular complexity index is 981. The van der Waals surface area contributed by atoms with Gasteiger partial charge in [-0.1, -0.05) is 30.3 Å². The number of aliphatic imine (C=N–C) groups is 1. The van der Waals surface area contributed by atoms with Crippen LogP contribution in [-0.2, 0) is 13.6 Å². The van der Waals surface area contributed by atoms with E-state index in [0.717, 1.165) is 68.6 Å². The number of rotatable bonds is 6. The molecule has 0 amide bonds. The van der Waals surface area contributed by atoms with Crippen LogP contribution < -0.4 is 10.6 Å². The predicted molar refractivity (Wildman–Crippen MR) is 135 cm³/mol. The monoisotopic (exact) mass is 535 g/mol. The van der Waals surface area contributed by atoms with E-state index in [1.54, 1.807) is 17.2 Å². The SMILES string of the molecule is CN=C(NCCNc1ncnc2c1cnn2C)N1CCN(Cc2ccccc2)CC1.I. The average Bonchev–Trinajstić information content (AvgIpc) is 3.17. The fraction of sp³-hybridized carbons (Fsp3) is 0.429. The molecule has 0 saturated carbocycles. The highest BCUT2D eigenvalue weighted by molar-refractivity contribution is 14.0. The number of hydrogen-bond donors (Lipinski definition) is 2. The van der Waals surface area contributed by atoms with Gasteiger partial charge in [0.25, 0.3) is 0 Å². The van der Waals surface area contributed by atoms with Gasteiger partial charge in [0.15, 0.2) is 11.6 Å². The lowest BCUT2D eigenvalue weighted by Gasteiger charge is -2.36. The number of nitrogens with one attached hydrogen (secondary N) is 2. The summed E-state index contributed by atoms with van der Waals surface area (Å²) in [6, 6.07) is 10.7. The lowest BCUT2D eigenvalue weighted by molar-refractivity contribution is 0.172. The summed E-state index contributed by atoms with van der Waals surface area (Å²) in [7, 11) is 3.72. The molecule has 1 aliphatic rings. The van der Waals surface area contributed by atoms with Crippen molar-refractivity contribution in [2.24, 2.45) is 12.0 Å². The number of halogens is 1. The van der Waals surface area contributed by atoms with Crippen LogP contribution in [0.3, 0.4) is 0 Å². The van der Waals surface area contributed by atoms with Crippen molar-refractivity contribution in [2.45, 2.75) is 6.54 Å². The highest BCUT2D eigenvalue weighted by Crippen LogP contribution is 2.17. The molecule has 31 heavy (non-hydrogen) atoms. The zero-order valence-corrected chi connectivity index (χ0v) is 20.4. The Morgan fingerprint density at radius 1 is 1.06 bits per heavy atom. The zero-order chi connectivity index (χ0) is 20.8. The maximum atomic E-state index is 4.46. The first kappa shape index (κ1) is 23.2.